The number of aliphatic hydroxyl groups is 1. The van der Waals surface area contributed by atoms with Gasteiger partial charge in [-0.15, -0.1) is 18.3 Å². The standard InChI is InChI=1S/C30H38BrN5O6/c1-5-8-14-41-29(40)23-24-27(38)36(22(16-37)18(4)7-3)26(30(24)15-19(31)25(23)42-30)28(39)34(13-6-2)17-35-21-12-10-9-11-20(21)32-33-35/h5-6,9-12,18-19,22-26,37H,1-2,7-8,13-17H2,3-4H3/t18-,19?,22-,23+,24-,25+,26?,30?/m0/s1. The van der Waals surface area contributed by atoms with Gasteiger partial charge in [-0.25, -0.2) is 4.68 Å². The topological polar surface area (TPSA) is 127 Å². The van der Waals surface area contributed by atoms with E-state index in [1.54, 1.807) is 21.7 Å². The maximum Gasteiger partial charge on any atom is 0.312 e. The predicted octanol–water partition coefficient (Wildman–Crippen LogP) is 2.68. The summed E-state index contributed by atoms with van der Waals surface area (Å²) >= 11 is 3.68. The van der Waals surface area contributed by atoms with Crippen molar-refractivity contribution in [3.63, 3.8) is 0 Å². The van der Waals surface area contributed by atoms with Gasteiger partial charge >= 0.3 is 5.97 Å². The fraction of sp³-hybridized carbons (Fsp3) is 0.567. The van der Waals surface area contributed by atoms with E-state index in [0.717, 1.165) is 5.52 Å². The zero-order valence-corrected chi connectivity index (χ0v) is 25.6. The van der Waals surface area contributed by atoms with Crippen molar-refractivity contribution in [2.24, 2.45) is 17.8 Å². The van der Waals surface area contributed by atoms with Crippen molar-refractivity contribution in [1.29, 1.82) is 0 Å². The molecule has 2 bridgehead atoms. The van der Waals surface area contributed by atoms with Crippen LogP contribution in [0.25, 0.3) is 11.0 Å². The normalized spacial score (nSPS) is 29.4. The number of halogens is 1. The van der Waals surface area contributed by atoms with Crippen molar-refractivity contribution in [1.82, 2.24) is 24.8 Å². The van der Waals surface area contributed by atoms with E-state index >= 15 is 0 Å². The average Bonchev–Trinajstić information content (AvgIpc) is 3.70. The van der Waals surface area contributed by atoms with Gasteiger partial charge in [-0.05, 0) is 30.9 Å². The molecular formula is C30H38BrN5O6. The Hall–Kier alpha value is -3.09. The monoisotopic (exact) mass is 643 g/mol. The SMILES string of the molecule is C=CCCOC(=O)[C@H]1[C@@H]2OC3(CC2Br)C(C(=O)N(CC=C)Cn2nnc4ccccc42)N([C@@H](CO)[C@@H](C)CC)C(=O)[C@H]13. The summed E-state index contributed by atoms with van der Waals surface area (Å²) in [6, 6.07) is 5.72. The summed E-state index contributed by atoms with van der Waals surface area (Å²) in [5, 5.41) is 19.0. The Labute approximate surface area is 253 Å². The van der Waals surface area contributed by atoms with E-state index in [1.165, 1.54) is 4.90 Å². The lowest BCUT2D eigenvalue weighted by molar-refractivity contribution is -0.157. The lowest BCUT2D eigenvalue weighted by Gasteiger charge is -2.40. The lowest BCUT2D eigenvalue weighted by atomic mass is 9.70. The second-order valence-electron chi connectivity index (χ2n) is 11.4. The molecule has 1 N–H and O–H groups in total. The number of para-hydroxylation sites is 1. The Morgan fingerprint density at radius 3 is 2.79 bits per heavy atom. The van der Waals surface area contributed by atoms with Gasteiger partial charge < -0.3 is 24.4 Å². The number of benzene rings is 1. The first-order valence-electron chi connectivity index (χ1n) is 14.4. The van der Waals surface area contributed by atoms with Gasteiger partial charge in [-0.1, -0.05) is 65.7 Å². The zero-order valence-electron chi connectivity index (χ0n) is 24.0. The molecule has 3 saturated heterocycles. The molecule has 11 nitrogen and oxygen atoms in total. The molecule has 1 aromatic heterocycles. The number of carbonyl (C=O) groups excluding carboxylic acids is 3. The van der Waals surface area contributed by atoms with Crippen LogP contribution < -0.4 is 0 Å². The van der Waals surface area contributed by atoms with Gasteiger partial charge in [0, 0.05) is 11.4 Å². The molecule has 0 aliphatic carbocycles. The molecule has 1 aromatic carbocycles. The Morgan fingerprint density at radius 2 is 2.10 bits per heavy atom. The number of amides is 2. The summed E-state index contributed by atoms with van der Waals surface area (Å²) in [6.07, 6.45) is 4.15. The van der Waals surface area contributed by atoms with Crippen LogP contribution in [0.1, 0.15) is 33.1 Å². The molecule has 3 aliphatic rings. The maximum atomic E-state index is 14.7. The number of carbonyl (C=O) groups is 3. The molecule has 4 heterocycles. The molecule has 8 atom stereocenters. The summed E-state index contributed by atoms with van der Waals surface area (Å²) in [5.74, 6) is -3.19. The van der Waals surface area contributed by atoms with Crippen LogP contribution in [0, 0.1) is 17.8 Å². The first-order valence-corrected chi connectivity index (χ1v) is 15.4. The molecule has 12 heteroatoms. The molecule has 3 unspecified atom stereocenters. The first-order chi connectivity index (χ1) is 20.2. The minimum Gasteiger partial charge on any atom is -0.465 e. The lowest BCUT2D eigenvalue weighted by Crippen LogP contribution is -2.60. The molecule has 3 fully saturated rings. The largest absolute Gasteiger partial charge is 0.465 e. The Morgan fingerprint density at radius 1 is 1.33 bits per heavy atom. The molecule has 42 heavy (non-hydrogen) atoms. The van der Waals surface area contributed by atoms with E-state index in [1.807, 2.05) is 38.1 Å². The second kappa shape index (κ2) is 12.3. The summed E-state index contributed by atoms with van der Waals surface area (Å²) in [5.41, 5.74) is 0.165. The van der Waals surface area contributed by atoms with Gasteiger partial charge in [0.15, 0.2) is 0 Å². The fourth-order valence-electron chi connectivity index (χ4n) is 6.86. The van der Waals surface area contributed by atoms with Gasteiger partial charge in [-0.3, -0.25) is 14.4 Å². The van der Waals surface area contributed by atoms with Crippen molar-refractivity contribution in [3.05, 3.63) is 49.6 Å². The molecule has 5 rings (SSSR count). The van der Waals surface area contributed by atoms with E-state index < -0.39 is 41.6 Å². The van der Waals surface area contributed by atoms with Gasteiger partial charge in [0.2, 0.25) is 11.8 Å². The third-order valence-electron chi connectivity index (χ3n) is 9.03. The van der Waals surface area contributed by atoms with Crippen molar-refractivity contribution in [2.75, 3.05) is 19.8 Å². The van der Waals surface area contributed by atoms with E-state index in [-0.39, 0.29) is 49.0 Å². The van der Waals surface area contributed by atoms with Crippen molar-refractivity contribution < 1.29 is 29.0 Å². The quantitative estimate of drug-likeness (QED) is 0.153. The number of fused-ring (bicyclic) bond motifs is 2. The van der Waals surface area contributed by atoms with Gasteiger partial charge in [0.25, 0.3) is 0 Å². The Balaban J connectivity index is 1.57. The number of esters is 1. The molecular weight excluding hydrogens is 606 g/mol. The van der Waals surface area contributed by atoms with Crippen LogP contribution in [0.2, 0.25) is 0 Å². The number of aromatic nitrogens is 3. The predicted molar refractivity (Wildman–Crippen MR) is 158 cm³/mol. The first kappa shape index (κ1) is 30.4. The minimum absolute atomic E-state index is 0.0615. The van der Waals surface area contributed by atoms with Gasteiger partial charge in [-0.2, -0.15) is 0 Å². The molecule has 1 spiro atoms. The third kappa shape index (κ3) is 4.87. The van der Waals surface area contributed by atoms with Crippen molar-refractivity contribution >= 4 is 44.7 Å². The molecule has 2 aromatic rings. The molecule has 0 saturated carbocycles. The summed E-state index contributed by atoms with van der Waals surface area (Å²) in [4.78, 5) is 45.4. The van der Waals surface area contributed by atoms with E-state index in [9.17, 15) is 19.5 Å². The van der Waals surface area contributed by atoms with Gasteiger partial charge in [0.1, 0.15) is 23.8 Å². The Bertz CT molecular complexity index is 1370. The fourth-order valence-corrected chi connectivity index (χ4v) is 7.80. The Kier molecular flexibility index (Phi) is 8.86. The van der Waals surface area contributed by atoms with Crippen LogP contribution in [-0.2, 0) is 30.5 Å². The van der Waals surface area contributed by atoms with Crippen molar-refractivity contribution in [2.45, 2.75) is 68.4 Å². The number of aliphatic hydroxyl groups excluding tert-OH is 1. The van der Waals surface area contributed by atoms with Crippen LogP contribution >= 0.6 is 15.9 Å². The summed E-state index contributed by atoms with van der Waals surface area (Å²) in [7, 11) is 0. The van der Waals surface area contributed by atoms with Crippen molar-refractivity contribution in [3.8, 4) is 0 Å². The van der Waals surface area contributed by atoms with E-state index in [2.05, 4.69) is 39.4 Å². The number of hydrogen-bond donors (Lipinski definition) is 1. The van der Waals surface area contributed by atoms with E-state index in [4.69, 9.17) is 9.47 Å². The van der Waals surface area contributed by atoms with Crippen LogP contribution in [0.4, 0.5) is 0 Å². The number of ether oxygens (including phenoxy) is 2. The van der Waals surface area contributed by atoms with Crippen LogP contribution in [0.3, 0.4) is 0 Å². The summed E-state index contributed by atoms with van der Waals surface area (Å²) < 4.78 is 13.8. The van der Waals surface area contributed by atoms with Crippen LogP contribution in [0.15, 0.2) is 49.6 Å². The van der Waals surface area contributed by atoms with E-state index in [0.29, 0.717) is 24.8 Å². The highest BCUT2D eigenvalue weighted by Gasteiger charge is 2.77. The van der Waals surface area contributed by atoms with Crippen LogP contribution in [-0.4, -0.2) is 96.1 Å². The third-order valence-corrected chi connectivity index (χ3v) is 9.88. The molecule has 2 amide bonds. The average molecular weight is 645 g/mol. The number of likely N-dealkylation sites (tertiary alicyclic amines) is 1. The van der Waals surface area contributed by atoms with Crippen LogP contribution in [0.5, 0.6) is 0 Å². The smallest absolute Gasteiger partial charge is 0.312 e. The highest BCUT2D eigenvalue weighted by Crippen LogP contribution is 2.61. The molecule has 226 valence electrons. The number of alkyl halides is 1. The highest BCUT2D eigenvalue weighted by molar-refractivity contribution is 9.09. The number of rotatable bonds is 13. The zero-order chi connectivity index (χ0) is 30.2. The van der Waals surface area contributed by atoms with Gasteiger partial charge in [0.05, 0.1) is 42.7 Å². The maximum absolute atomic E-state index is 14.7. The summed E-state index contributed by atoms with van der Waals surface area (Å²) in [6.45, 7) is 11.5. The highest BCUT2D eigenvalue weighted by atomic mass is 79.9. The molecule has 0 radical (unpaired) electrons. The second-order valence-corrected chi connectivity index (χ2v) is 12.5. The number of hydrogen-bond acceptors (Lipinski definition) is 8. The minimum atomic E-state index is -1.28. The number of nitrogens with zero attached hydrogens (tertiary/aromatic N) is 5. The molecule has 3 aliphatic heterocycles.